The molecule has 3 nitrogen and oxygen atoms in total. The maximum absolute atomic E-state index is 12.6. The van der Waals surface area contributed by atoms with Crippen molar-refractivity contribution in [2.24, 2.45) is 0 Å². The molecule has 0 amide bonds. The highest BCUT2D eigenvalue weighted by Crippen LogP contribution is 2.29. The van der Waals surface area contributed by atoms with Crippen LogP contribution in [0, 0.1) is 0 Å². The van der Waals surface area contributed by atoms with Crippen LogP contribution in [0.25, 0.3) is 22.1 Å². The first kappa shape index (κ1) is 12.8. The van der Waals surface area contributed by atoms with Crippen molar-refractivity contribution >= 4 is 22.6 Å². The van der Waals surface area contributed by atoms with Crippen LogP contribution in [-0.4, -0.2) is 7.11 Å². The summed E-state index contributed by atoms with van der Waals surface area (Å²) < 4.78 is 10.8. The quantitative estimate of drug-likeness (QED) is 0.711. The first-order chi connectivity index (χ1) is 9.70. The number of ether oxygens (including phenoxy) is 1. The van der Waals surface area contributed by atoms with Crippen molar-refractivity contribution in [3.63, 3.8) is 0 Å². The van der Waals surface area contributed by atoms with Gasteiger partial charge in [0.1, 0.15) is 6.26 Å². The second-order valence-corrected chi connectivity index (χ2v) is 4.77. The fourth-order valence-corrected chi connectivity index (χ4v) is 2.35. The summed E-state index contributed by atoms with van der Waals surface area (Å²) in [6.07, 6.45) is 1.45. The van der Waals surface area contributed by atoms with Crippen molar-refractivity contribution in [1.29, 1.82) is 0 Å². The summed E-state index contributed by atoms with van der Waals surface area (Å²) in [6, 6.07) is 12.6. The summed E-state index contributed by atoms with van der Waals surface area (Å²) in [6.45, 7) is 0. The Hall–Kier alpha value is -2.26. The number of fused-ring (bicyclic) bond motifs is 1. The number of hydrogen-bond donors (Lipinski definition) is 0. The van der Waals surface area contributed by atoms with Gasteiger partial charge in [0, 0.05) is 11.1 Å². The molecule has 4 heteroatoms. The molecular formula is C16H11ClO3. The van der Waals surface area contributed by atoms with Crippen molar-refractivity contribution in [1.82, 2.24) is 0 Å². The lowest BCUT2D eigenvalue weighted by atomic mass is 10.1. The second-order valence-electron chi connectivity index (χ2n) is 4.33. The SMILES string of the molecule is COc1cc(Cl)cc2c(=O)c(-c3ccccc3)coc12. The molecule has 100 valence electrons. The highest BCUT2D eigenvalue weighted by molar-refractivity contribution is 6.31. The summed E-state index contributed by atoms with van der Waals surface area (Å²) in [4.78, 5) is 12.6. The number of benzene rings is 2. The fraction of sp³-hybridized carbons (Fsp3) is 0.0625. The third-order valence-electron chi connectivity index (χ3n) is 3.11. The lowest BCUT2D eigenvalue weighted by Gasteiger charge is -2.07. The van der Waals surface area contributed by atoms with E-state index in [1.807, 2.05) is 30.3 Å². The zero-order valence-corrected chi connectivity index (χ0v) is 11.5. The lowest BCUT2D eigenvalue weighted by molar-refractivity contribution is 0.409. The molecule has 3 aromatic rings. The van der Waals surface area contributed by atoms with Gasteiger partial charge in [-0.25, -0.2) is 0 Å². The molecule has 0 unspecified atom stereocenters. The van der Waals surface area contributed by atoms with Crippen LogP contribution in [0.2, 0.25) is 5.02 Å². The number of rotatable bonds is 2. The van der Waals surface area contributed by atoms with Crippen LogP contribution in [0.5, 0.6) is 5.75 Å². The Morgan fingerprint density at radius 1 is 1.15 bits per heavy atom. The van der Waals surface area contributed by atoms with E-state index in [2.05, 4.69) is 0 Å². The number of halogens is 1. The van der Waals surface area contributed by atoms with Gasteiger partial charge in [0.25, 0.3) is 0 Å². The van der Waals surface area contributed by atoms with Gasteiger partial charge >= 0.3 is 0 Å². The average molecular weight is 287 g/mol. The first-order valence-corrected chi connectivity index (χ1v) is 6.43. The van der Waals surface area contributed by atoms with Crippen LogP contribution in [0.3, 0.4) is 0 Å². The molecule has 3 rings (SSSR count). The Bertz CT molecular complexity index is 822. The standard InChI is InChI=1S/C16H11ClO3/c1-19-14-8-11(17)7-12-15(18)13(9-20-16(12)14)10-5-3-2-4-6-10/h2-9H,1H3. The van der Waals surface area contributed by atoms with Crippen LogP contribution < -0.4 is 10.2 Å². The third kappa shape index (κ3) is 2.06. The van der Waals surface area contributed by atoms with Gasteiger partial charge in [0.05, 0.1) is 18.1 Å². The van der Waals surface area contributed by atoms with Gasteiger partial charge in [-0.2, -0.15) is 0 Å². The largest absolute Gasteiger partial charge is 0.493 e. The van der Waals surface area contributed by atoms with Gasteiger partial charge in [-0.3, -0.25) is 4.79 Å². The fourth-order valence-electron chi connectivity index (χ4n) is 2.14. The predicted molar refractivity (Wildman–Crippen MR) is 79.5 cm³/mol. The molecule has 0 aliphatic heterocycles. The first-order valence-electron chi connectivity index (χ1n) is 6.05. The summed E-state index contributed by atoms with van der Waals surface area (Å²) in [5.41, 5.74) is 1.59. The van der Waals surface area contributed by atoms with Gasteiger partial charge in [0.2, 0.25) is 5.43 Å². The second kappa shape index (κ2) is 5.02. The van der Waals surface area contributed by atoms with E-state index in [0.717, 1.165) is 5.56 Å². The molecule has 0 bridgehead atoms. The highest BCUT2D eigenvalue weighted by atomic mass is 35.5. The van der Waals surface area contributed by atoms with Crippen molar-refractivity contribution in [2.75, 3.05) is 7.11 Å². The van der Waals surface area contributed by atoms with Crippen molar-refractivity contribution in [2.45, 2.75) is 0 Å². The van der Waals surface area contributed by atoms with Crippen LogP contribution in [0.15, 0.2) is 57.9 Å². The smallest absolute Gasteiger partial charge is 0.200 e. The van der Waals surface area contributed by atoms with Crippen LogP contribution >= 0.6 is 11.6 Å². The van der Waals surface area contributed by atoms with Gasteiger partial charge in [-0.1, -0.05) is 41.9 Å². The van der Waals surface area contributed by atoms with Crippen LogP contribution in [-0.2, 0) is 0 Å². The molecule has 20 heavy (non-hydrogen) atoms. The van der Waals surface area contributed by atoms with E-state index in [0.29, 0.717) is 27.3 Å². The maximum atomic E-state index is 12.6. The van der Waals surface area contributed by atoms with E-state index in [-0.39, 0.29) is 5.43 Å². The van der Waals surface area contributed by atoms with E-state index in [1.165, 1.54) is 13.4 Å². The Balaban J connectivity index is 2.34. The molecule has 0 saturated carbocycles. The van der Waals surface area contributed by atoms with E-state index < -0.39 is 0 Å². The van der Waals surface area contributed by atoms with Gasteiger partial charge in [-0.15, -0.1) is 0 Å². The summed E-state index contributed by atoms with van der Waals surface area (Å²) in [5, 5.41) is 0.850. The molecule has 0 aliphatic carbocycles. The van der Waals surface area contributed by atoms with E-state index in [1.54, 1.807) is 12.1 Å². The molecule has 0 atom stereocenters. The zero-order valence-electron chi connectivity index (χ0n) is 10.7. The molecular weight excluding hydrogens is 276 g/mol. The molecule has 0 aliphatic rings. The minimum atomic E-state index is -0.127. The summed E-state index contributed by atoms with van der Waals surface area (Å²) in [5.74, 6) is 0.448. The Morgan fingerprint density at radius 3 is 2.60 bits per heavy atom. The van der Waals surface area contributed by atoms with Gasteiger partial charge in [0.15, 0.2) is 11.3 Å². The topological polar surface area (TPSA) is 39.4 Å². The average Bonchev–Trinajstić information content (AvgIpc) is 2.48. The Labute approximate surface area is 120 Å². The monoisotopic (exact) mass is 286 g/mol. The normalized spacial score (nSPS) is 10.7. The van der Waals surface area contributed by atoms with Crippen LogP contribution in [0.1, 0.15) is 0 Å². The summed E-state index contributed by atoms with van der Waals surface area (Å²) in [7, 11) is 1.51. The molecule has 0 spiro atoms. The molecule has 2 aromatic carbocycles. The number of hydrogen-bond acceptors (Lipinski definition) is 3. The van der Waals surface area contributed by atoms with Crippen LogP contribution in [0.4, 0.5) is 0 Å². The van der Waals surface area contributed by atoms with Crippen molar-refractivity contribution < 1.29 is 9.15 Å². The minimum absolute atomic E-state index is 0.127. The maximum Gasteiger partial charge on any atom is 0.200 e. The summed E-state index contributed by atoms with van der Waals surface area (Å²) >= 11 is 6.01. The molecule has 0 fully saturated rings. The minimum Gasteiger partial charge on any atom is -0.493 e. The lowest BCUT2D eigenvalue weighted by Crippen LogP contribution is -2.05. The molecule has 0 saturated heterocycles. The van der Waals surface area contributed by atoms with E-state index in [4.69, 9.17) is 20.8 Å². The number of methoxy groups -OCH3 is 1. The van der Waals surface area contributed by atoms with Crippen molar-refractivity contribution in [3.8, 4) is 16.9 Å². The molecule has 0 N–H and O–H groups in total. The highest BCUT2D eigenvalue weighted by Gasteiger charge is 2.13. The third-order valence-corrected chi connectivity index (χ3v) is 3.33. The molecule has 0 radical (unpaired) electrons. The molecule has 1 aromatic heterocycles. The van der Waals surface area contributed by atoms with Gasteiger partial charge < -0.3 is 9.15 Å². The van der Waals surface area contributed by atoms with E-state index in [9.17, 15) is 4.79 Å². The van der Waals surface area contributed by atoms with E-state index >= 15 is 0 Å². The Kier molecular flexibility index (Phi) is 3.20. The molecule has 1 heterocycles. The van der Waals surface area contributed by atoms with Gasteiger partial charge in [-0.05, 0) is 11.6 Å². The zero-order chi connectivity index (χ0) is 14.1. The Morgan fingerprint density at radius 2 is 1.90 bits per heavy atom. The van der Waals surface area contributed by atoms with Crippen molar-refractivity contribution in [3.05, 3.63) is 64.0 Å². The predicted octanol–water partition coefficient (Wildman–Crippen LogP) is 4.12.